The van der Waals surface area contributed by atoms with Crippen LogP contribution in [0, 0.1) is 0 Å². The summed E-state index contributed by atoms with van der Waals surface area (Å²) in [5, 5.41) is 6.01. The van der Waals surface area contributed by atoms with Gasteiger partial charge < -0.3 is 20.4 Å². The lowest BCUT2D eigenvalue weighted by atomic mass is 9.93. The van der Waals surface area contributed by atoms with Gasteiger partial charge in [-0.2, -0.15) is 0 Å². The van der Waals surface area contributed by atoms with E-state index < -0.39 is 0 Å². The molecule has 2 N–H and O–H groups in total. The Bertz CT molecular complexity index is 691. The number of fused-ring (bicyclic) bond motifs is 1. The zero-order valence-electron chi connectivity index (χ0n) is 17.4. The first-order chi connectivity index (χ1) is 13.3. The molecule has 7 heteroatoms. The number of nitrogens with one attached hydrogen (secondary N) is 2. The minimum atomic E-state index is -0.117. The molecule has 2 aliphatic heterocycles. The first-order valence-corrected chi connectivity index (χ1v) is 10.1. The molecule has 0 spiro atoms. The highest BCUT2D eigenvalue weighted by molar-refractivity contribution is 5.75. The third kappa shape index (κ3) is 4.76. The third-order valence-electron chi connectivity index (χ3n) is 5.54. The lowest BCUT2D eigenvalue weighted by Gasteiger charge is -2.55. The maximum atomic E-state index is 12.8. The fraction of sp³-hybridized carbons (Fsp3) is 0.619. The van der Waals surface area contributed by atoms with Crippen LogP contribution in [-0.4, -0.2) is 77.1 Å². The first kappa shape index (κ1) is 20.5. The van der Waals surface area contributed by atoms with Gasteiger partial charge in [0, 0.05) is 56.9 Å². The Labute approximate surface area is 168 Å². The monoisotopic (exact) mass is 387 g/mol. The van der Waals surface area contributed by atoms with Gasteiger partial charge in [-0.25, -0.2) is 9.59 Å². The van der Waals surface area contributed by atoms with Crippen LogP contribution < -0.4 is 10.6 Å². The number of piperazine rings is 2. The van der Waals surface area contributed by atoms with Crippen molar-refractivity contribution in [1.29, 1.82) is 0 Å². The molecule has 3 rings (SSSR count). The van der Waals surface area contributed by atoms with Gasteiger partial charge in [0.25, 0.3) is 0 Å². The maximum absolute atomic E-state index is 12.8. The molecule has 2 saturated heterocycles. The summed E-state index contributed by atoms with van der Waals surface area (Å²) < 4.78 is 0. The van der Waals surface area contributed by atoms with Crippen molar-refractivity contribution in [3.05, 3.63) is 35.9 Å². The highest BCUT2D eigenvalue weighted by atomic mass is 16.2. The Balaban J connectivity index is 1.62. The normalized spacial score (nSPS) is 22.0. The summed E-state index contributed by atoms with van der Waals surface area (Å²) in [5.74, 6) is 0. The molecule has 0 bridgehead atoms. The molecule has 154 valence electrons. The fourth-order valence-corrected chi connectivity index (χ4v) is 4.25. The standard InChI is InChI=1S/C21H33N5O2/c1-16(2)23-20(28)24-10-11-26-18(13-24)14-25(15-21(26,3)4)19(27)22-12-17-8-6-5-7-9-17/h5-9,16,18H,10-15H2,1-4H3,(H,22,27)(H,23,28). The van der Waals surface area contributed by atoms with Crippen molar-refractivity contribution in [3.63, 3.8) is 0 Å². The Morgan fingerprint density at radius 3 is 2.43 bits per heavy atom. The first-order valence-electron chi connectivity index (χ1n) is 10.1. The van der Waals surface area contributed by atoms with E-state index in [-0.39, 0.29) is 29.7 Å². The molecule has 1 aromatic carbocycles. The number of carbonyl (C=O) groups is 2. The number of carbonyl (C=O) groups excluding carboxylic acids is 2. The molecule has 1 unspecified atom stereocenters. The summed E-state index contributed by atoms with van der Waals surface area (Å²) in [6.07, 6.45) is 0. The van der Waals surface area contributed by atoms with Crippen molar-refractivity contribution in [2.45, 2.75) is 51.9 Å². The summed E-state index contributed by atoms with van der Waals surface area (Å²) in [5.41, 5.74) is 0.969. The predicted molar refractivity (Wildman–Crippen MR) is 110 cm³/mol. The number of hydrogen-bond acceptors (Lipinski definition) is 3. The number of rotatable bonds is 3. The number of benzene rings is 1. The average molecular weight is 388 g/mol. The molecule has 28 heavy (non-hydrogen) atoms. The predicted octanol–water partition coefficient (Wildman–Crippen LogP) is 2.09. The maximum Gasteiger partial charge on any atom is 0.317 e. The summed E-state index contributed by atoms with van der Waals surface area (Å²) in [6.45, 7) is 12.3. The minimum Gasteiger partial charge on any atom is -0.336 e. The number of hydrogen-bond donors (Lipinski definition) is 2. The van der Waals surface area contributed by atoms with Crippen LogP contribution >= 0.6 is 0 Å². The average Bonchev–Trinajstić information content (AvgIpc) is 2.65. The number of nitrogens with zero attached hydrogens (tertiary/aromatic N) is 3. The quantitative estimate of drug-likeness (QED) is 0.835. The molecule has 0 aromatic heterocycles. The Hall–Kier alpha value is -2.28. The number of amides is 4. The van der Waals surface area contributed by atoms with Gasteiger partial charge in [0.1, 0.15) is 0 Å². The van der Waals surface area contributed by atoms with Crippen molar-refractivity contribution in [3.8, 4) is 0 Å². The van der Waals surface area contributed by atoms with E-state index in [0.717, 1.165) is 18.7 Å². The van der Waals surface area contributed by atoms with E-state index in [9.17, 15) is 9.59 Å². The SMILES string of the molecule is CC(C)NC(=O)N1CCN2C(CN(C(=O)NCc3ccccc3)CC2(C)C)C1. The second kappa shape index (κ2) is 8.39. The molecule has 2 aliphatic rings. The van der Waals surface area contributed by atoms with Crippen LogP contribution in [0.25, 0.3) is 0 Å². The molecule has 2 heterocycles. The second-order valence-corrected chi connectivity index (χ2v) is 8.73. The topological polar surface area (TPSA) is 67.9 Å². The highest BCUT2D eigenvalue weighted by Gasteiger charge is 2.44. The van der Waals surface area contributed by atoms with Gasteiger partial charge in [0.05, 0.1) is 0 Å². The van der Waals surface area contributed by atoms with E-state index in [0.29, 0.717) is 26.2 Å². The largest absolute Gasteiger partial charge is 0.336 e. The smallest absolute Gasteiger partial charge is 0.317 e. The summed E-state index contributed by atoms with van der Waals surface area (Å²) in [7, 11) is 0. The minimum absolute atomic E-state index is 0.0156. The van der Waals surface area contributed by atoms with Crippen molar-refractivity contribution >= 4 is 12.1 Å². The fourth-order valence-electron chi connectivity index (χ4n) is 4.25. The van der Waals surface area contributed by atoms with Gasteiger partial charge in [-0.3, -0.25) is 4.90 Å². The van der Waals surface area contributed by atoms with Gasteiger partial charge in [-0.15, -0.1) is 0 Å². The molecule has 1 aromatic rings. The molecular weight excluding hydrogens is 354 g/mol. The van der Waals surface area contributed by atoms with E-state index in [1.165, 1.54) is 0 Å². The Morgan fingerprint density at radius 1 is 1.07 bits per heavy atom. The summed E-state index contributed by atoms with van der Waals surface area (Å²) in [4.78, 5) is 31.4. The van der Waals surface area contributed by atoms with Crippen molar-refractivity contribution < 1.29 is 9.59 Å². The molecule has 0 aliphatic carbocycles. The van der Waals surface area contributed by atoms with Crippen LogP contribution in [0.1, 0.15) is 33.3 Å². The van der Waals surface area contributed by atoms with Crippen LogP contribution in [0.2, 0.25) is 0 Å². The van der Waals surface area contributed by atoms with E-state index in [1.54, 1.807) is 0 Å². The van der Waals surface area contributed by atoms with Crippen molar-refractivity contribution in [2.24, 2.45) is 0 Å². The molecule has 0 saturated carbocycles. The molecule has 1 atom stereocenters. The Kier molecular flexibility index (Phi) is 6.13. The number of urea groups is 2. The van der Waals surface area contributed by atoms with Crippen molar-refractivity contribution in [1.82, 2.24) is 25.3 Å². The van der Waals surface area contributed by atoms with Crippen LogP contribution in [0.3, 0.4) is 0 Å². The third-order valence-corrected chi connectivity index (χ3v) is 5.54. The van der Waals surface area contributed by atoms with Crippen LogP contribution in [0.4, 0.5) is 9.59 Å². The van der Waals surface area contributed by atoms with Crippen molar-refractivity contribution in [2.75, 3.05) is 32.7 Å². The van der Waals surface area contributed by atoms with Gasteiger partial charge in [-0.05, 0) is 33.3 Å². The van der Waals surface area contributed by atoms with E-state index in [2.05, 4.69) is 29.4 Å². The molecule has 4 amide bonds. The van der Waals surface area contributed by atoms with E-state index >= 15 is 0 Å². The molecule has 2 fully saturated rings. The second-order valence-electron chi connectivity index (χ2n) is 8.73. The molecule has 0 radical (unpaired) electrons. The van der Waals surface area contributed by atoms with Gasteiger partial charge in [0.2, 0.25) is 0 Å². The Morgan fingerprint density at radius 2 is 1.75 bits per heavy atom. The lowest BCUT2D eigenvalue weighted by Crippen LogP contribution is -2.71. The summed E-state index contributed by atoms with van der Waals surface area (Å²) >= 11 is 0. The van der Waals surface area contributed by atoms with Crippen LogP contribution in [0.15, 0.2) is 30.3 Å². The van der Waals surface area contributed by atoms with Gasteiger partial charge in [-0.1, -0.05) is 30.3 Å². The molecular formula is C21H33N5O2. The van der Waals surface area contributed by atoms with Crippen LogP contribution in [-0.2, 0) is 6.54 Å². The molecule has 7 nitrogen and oxygen atoms in total. The highest BCUT2D eigenvalue weighted by Crippen LogP contribution is 2.28. The van der Waals surface area contributed by atoms with Gasteiger partial charge in [0.15, 0.2) is 0 Å². The van der Waals surface area contributed by atoms with Crippen LogP contribution in [0.5, 0.6) is 0 Å². The van der Waals surface area contributed by atoms with Gasteiger partial charge >= 0.3 is 12.1 Å². The zero-order valence-corrected chi connectivity index (χ0v) is 17.4. The zero-order chi connectivity index (χ0) is 20.3. The van der Waals surface area contributed by atoms with E-state index in [4.69, 9.17) is 0 Å². The lowest BCUT2D eigenvalue weighted by molar-refractivity contribution is -0.0438. The summed E-state index contributed by atoms with van der Waals surface area (Å²) in [6, 6.07) is 10.1. The van der Waals surface area contributed by atoms with E-state index in [1.807, 2.05) is 54.0 Å².